The summed E-state index contributed by atoms with van der Waals surface area (Å²) in [6.45, 7) is 13.9. The van der Waals surface area contributed by atoms with Gasteiger partial charge in [-0.3, -0.25) is 4.79 Å². The molecule has 0 bridgehead atoms. The Labute approximate surface area is 168 Å². The van der Waals surface area contributed by atoms with Crippen LogP contribution in [-0.4, -0.2) is 65.2 Å². The van der Waals surface area contributed by atoms with Crippen LogP contribution in [0.3, 0.4) is 0 Å². The average molecular weight is 390 g/mol. The normalized spacial score (nSPS) is 25.5. The number of hydrogen-bond acceptors (Lipinski definition) is 7. The molecule has 3 heterocycles. The minimum atomic E-state index is -0.576. The standard InChI is InChI=1S/C21H35N5O2/c1-14(2)18-13-28-20(12-27)26(18)19-6-9-22-21(24-19)23-16(5)17-7-10-25(11-8-17)15(3)4/h6,9,12,14-18,20H,7-8,10-11,13H2,1-5H3,(H,22,23,24)/t16-,18?,20?/m0/s1. The van der Waals surface area contributed by atoms with Gasteiger partial charge in [0.15, 0.2) is 12.5 Å². The van der Waals surface area contributed by atoms with E-state index in [4.69, 9.17) is 9.72 Å². The molecule has 0 radical (unpaired) electrons. The second kappa shape index (κ2) is 9.18. The van der Waals surface area contributed by atoms with Gasteiger partial charge in [-0.1, -0.05) is 13.8 Å². The molecule has 0 spiro atoms. The van der Waals surface area contributed by atoms with Crippen LogP contribution >= 0.6 is 0 Å². The molecule has 0 amide bonds. The zero-order valence-electron chi connectivity index (χ0n) is 17.8. The number of aromatic nitrogens is 2. The molecule has 3 rings (SSSR count). The van der Waals surface area contributed by atoms with Crippen molar-refractivity contribution in [3.8, 4) is 0 Å². The molecule has 7 nitrogen and oxygen atoms in total. The number of likely N-dealkylation sites (tertiary alicyclic amines) is 1. The first-order chi connectivity index (χ1) is 13.4. The lowest BCUT2D eigenvalue weighted by Crippen LogP contribution is -2.42. The second-order valence-corrected chi connectivity index (χ2v) is 8.72. The largest absolute Gasteiger partial charge is 0.351 e. The molecule has 2 fully saturated rings. The first-order valence-corrected chi connectivity index (χ1v) is 10.6. The zero-order valence-corrected chi connectivity index (χ0v) is 17.8. The van der Waals surface area contributed by atoms with Crippen LogP contribution in [0, 0.1) is 11.8 Å². The van der Waals surface area contributed by atoms with Crippen LogP contribution in [0.25, 0.3) is 0 Å². The monoisotopic (exact) mass is 389 g/mol. The highest BCUT2D eigenvalue weighted by Gasteiger charge is 2.37. The SMILES string of the molecule is CC(C)C1COC(C=O)N1c1ccnc(N[C@@H](C)C2CCN(C(C)C)CC2)n1. The molecule has 28 heavy (non-hydrogen) atoms. The number of anilines is 2. The Morgan fingerprint density at radius 2 is 1.93 bits per heavy atom. The molecule has 0 aromatic carbocycles. The quantitative estimate of drug-likeness (QED) is 0.719. The Morgan fingerprint density at radius 1 is 1.21 bits per heavy atom. The summed E-state index contributed by atoms with van der Waals surface area (Å²) in [5.41, 5.74) is 0. The van der Waals surface area contributed by atoms with Crippen LogP contribution in [0.5, 0.6) is 0 Å². The van der Waals surface area contributed by atoms with E-state index in [-0.39, 0.29) is 6.04 Å². The molecule has 3 atom stereocenters. The Hall–Kier alpha value is -1.73. The molecule has 1 aromatic heterocycles. The molecule has 7 heteroatoms. The highest BCUT2D eigenvalue weighted by atomic mass is 16.5. The number of piperidine rings is 1. The molecular weight excluding hydrogens is 354 g/mol. The van der Waals surface area contributed by atoms with Gasteiger partial charge in [0, 0.05) is 18.3 Å². The van der Waals surface area contributed by atoms with Gasteiger partial charge in [-0.05, 0) is 64.6 Å². The maximum Gasteiger partial charge on any atom is 0.224 e. The van der Waals surface area contributed by atoms with Gasteiger partial charge in [-0.2, -0.15) is 4.98 Å². The molecule has 156 valence electrons. The van der Waals surface area contributed by atoms with E-state index >= 15 is 0 Å². The fourth-order valence-corrected chi connectivity index (χ4v) is 4.29. The molecule has 0 saturated carbocycles. The fourth-order valence-electron chi connectivity index (χ4n) is 4.29. The van der Waals surface area contributed by atoms with Gasteiger partial charge in [0.25, 0.3) is 0 Å². The number of nitrogens with zero attached hydrogens (tertiary/aromatic N) is 4. The number of aldehydes is 1. The van der Waals surface area contributed by atoms with E-state index in [2.05, 4.69) is 49.8 Å². The molecule has 1 aromatic rings. The predicted molar refractivity (Wildman–Crippen MR) is 111 cm³/mol. The summed E-state index contributed by atoms with van der Waals surface area (Å²) in [4.78, 5) is 25.1. The third-order valence-corrected chi connectivity index (χ3v) is 6.23. The molecule has 2 unspecified atom stereocenters. The van der Waals surface area contributed by atoms with Crippen LogP contribution in [0.2, 0.25) is 0 Å². The van der Waals surface area contributed by atoms with E-state index in [1.165, 1.54) is 12.8 Å². The average Bonchev–Trinajstić information content (AvgIpc) is 3.12. The first kappa shape index (κ1) is 21.0. The van der Waals surface area contributed by atoms with Crippen LogP contribution in [-0.2, 0) is 9.53 Å². The number of carbonyl (C=O) groups excluding carboxylic acids is 1. The molecule has 0 aliphatic carbocycles. The summed E-state index contributed by atoms with van der Waals surface area (Å²) < 4.78 is 5.66. The maximum atomic E-state index is 11.5. The van der Waals surface area contributed by atoms with Crippen molar-refractivity contribution in [1.29, 1.82) is 0 Å². The fraction of sp³-hybridized carbons (Fsp3) is 0.762. The van der Waals surface area contributed by atoms with E-state index in [0.29, 0.717) is 36.5 Å². The highest BCUT2D eigenvalue weighted by molar-refractivity contribution is 5.64. The Kier molecular flexibility index (Phi) is 6.88. The van der Waals surface area contributed by atoms with E-state index < -0.39 is 6.23 Å². The first-order valence-electron chi connectivity index (χ1n) is 10.6. The van der Waals surface area contributed by atoms with Crippen molar-refractivity contribution in [2.45, 2.75) is 71.8 Å². The molecule has 1 N–H and O–H groups in total. The van der Waals surface area contributed by atoms with Gasteiger partial charge < -0.3 is 19.9 Å². The summed E-state index contributed by atoms with van der Waals surface area (Å²) in [6.07, 6.45) is 4.41. The summed E-state index contributed by atoms with van der Waals surface area (Å²) in [6, 6.07) is 2.92. The summed E-state index contributed by atoms with van der Waals surface area (Å²) in [5.74, 6) is 2.34. The number of ether oxygens (including phenoxy) is 1. The number of carbonyl (C=O) groups is 1. The Balaban J connectivity index is 1.67. The van der Waals surface area contributed by atoms with Gasteiger partial charge in [-0.15, -0.1) is 0 Å². The van der Waals surface area contributed by atoms with Crippen molar-refractivity contribution >= 4 is 18.1 Å². The highest BCUT2D eigenvalue weighted by Crippen LogP contribution is 2.29. The summed E-state index contributed by atoms with van der Waals surface area (Å²) in [7, 11) is 0. The van der Waals surface area contributed by atoms with Gasteiger partial charge in [0.1, 0.15) is 5.82 Å². The lowest BCUT2D eigenvalue weighted by atomic mass is 9.90. The van der Waals surface area contributed by atoms with Gasteiger partial charge >= 0.3 is 0 Å². The van der Waals surface area contributed by atoms with Crippen LogP contribution in [0.4, 0.5) is 11.8 Å². The smallest absolute Gasteiger partial charge is 0.224 e. The van der Waals surface area contributed by atoms with E-state index in [9.17, 15) is 4.79 Å². The van der Waals surface area contributed by atoms with Crippen molar-refractivity contribution in [1.82, 2.24) is 14.9 Å². The molecule has 2 aliphatic rings. The third-order valence-electron chi connectivity index (χ3n) is 6.23. The van der Waals surface area contributed by atoms with Crippen molar-refractivity contribution in [3.05, 3.63) is 12.3 Å². The zero-order chi connectivity index (χ0) is 20.3. The van der Waals surface area contributed by atoms with E-state index in [0.717, 1.165) is 25.2 Å². The lowest BCUT2D eigenvalue weighted by molar-refractivity contribution is -0.115. The minimum absolute atomic E-state index is 0.135. The third kappa shape index (κ3) is 4.63. The predicted octanol–water partition coefficient (Wildman–Crippen LogP) is 2.78. The molecule has 2 saturated heterocycles. The maximum absolute atomic E-state index is 11.5. The van der Waals surface area contributed by atoms with Gasteiger partial charge in [0.05, 0.1) is 12.6 Å². The number of nitrogens with one attached hydrogen (secondary N) is 1. The Bertz CT molecular complexity index is 645. The lowest BCUT2D eigenvalue weighted by Gasteiger charge is -2.37. The minimum Gasteiger partial charge on any atom is -0.351 e. The van der Waals surface area contributed by atoms with Crippen LogP contribution < -0.4 is 10.2 Å². The summed E-state index contributed by atoms with van der Waals surface area (Å²) in [5, 5.41) is 3.50. The van der Waals surface area contributed by atoms with E-state index in [1.54, 1.807) is 6.20 Å². The van der Waals surface area contributed by atoms with Crippen molar-refractivity contribution in [3.63, 3.8) is 0 Å². The van der Waals surface area contributed by atoms with Crippen LogP contribution in [0.1, 0.15) is 47.5 Å². The van der Waals surface area contributed by atoms with Crippen molar-refractivity contribution in [2.75, 3.05) is 29.9 Å². The van der Waals surface area contributed by atoms with Crippen LogP contribution in [0.15, 0.2) is 12.3 Å². The van der Waals surface area contributed by atoms with Crippen molar-refractivity contribution < 1.29 is 9.53 Å². The van der Waals surface area contributed by atoms with Gasteiger partial charge in [-0.25, -0.2) is 4.98 Å². The number of hydrogen-bond donors (Lipinski definition) is 1. The second-order valence-electron chi connectivity index (χ2n) is 8.72. The Morgan fingerprint density at radius 3 is 2.54 bits per heavy atom. The summed E-state index contributed by atoms with van der Waals surface area (Å²) >= 11 is 0. The van der Waals surface area contributed by atoms with E-state index in [1.807, 2.05) is 11.0 Å². The molecule has 2 aliphatic heterocycles. The van der Waals surface area contributed by atoms with Crippen molar-refractivity contribution in [2.24, 2.45) is 11.8 Å². The van der Waals surface area contributed by atoms with Gasteiger partial charge in [0.2, 0.25) is 5.95 Å². The topological polar surface area (TPSA) is 70.6 Å². The molecular formula is C21H35N5O2. The number of rotatable bonds is 7.